The van der Waals surface area contributed by atoms with Crippen LogP contribution in [0.3, 0.4) is 0 Å². The Labute approximate surface area is 86.6 Å². The minimum atomic E-state index is -4.91. The Bertz CT molecular complexity index is 478. The van der Waals surface area contributed by atoms with E-state index in [9.17, 15) is 22.8 Å². The fraction of sp³-hybridized carbons (Fsp3) is 0.111. The van der Waals surface area contributed by atoms with Crippen LogP contribution in [0, 0.1) is 0 Å². The van der Waals surface area contributed by atoms with E-state index in [2.05, 4.69) is 9.47 Å². The lowest BCUT2D eigenvalue weighted by atomic mass is 10.1. The quantitative estimate of drug-likeness (QED) is 0.420. The molecule has 1 aliphatic rings. The highest BCUT2D eigenvalue weighted by Crippen LogP contribution is 2.38. The van der Waals surface area contributed by atoms with Crippen LogP contribution < -0.4 is 9.47 Å². The number of Topliss-reactive ketones (excluding diaryl/α,β-unsaturated/α-hetero) is 1. The second-order valence-corrected chi connectivity index (χ2v) is 2.90. The van der Waals surface area contributed by atoms with E-state index in [0.717, 1.165) is 6.07 Å². The van der Waals surface area contributed by atoms with Crippen LogP contribution in [0.15, 0.2) is 18.2 Å². The number of benzene rings is 1. The first-order chi connectivity index (χ1) is 7.38. The summed E-state index contributed by atoms with van der Waals surface area (Å²) in [6, 6.07) is 3.31. The van der Waals surface area contributed by atoms with Crippen molar-refractivity contribution in [3.05, 3.63) is 23.8 Å². The fourth-order valence-electron chi connectivity index (χ4n) is 1.25. The van der Waals surface area contributed by atoms with Crippen molar-refractivity contribution in [2.45, 2.75) is 6.36 Å². The number of halogens is 3. The van der Waals surface area contributed by atoms with Crippen LogP contribution in [0.2, 0.25) is 0 Å². The summed E-state index contributed by atoms with van der Waals surface area (Å²) in [5.74, 6) is -3.39. The topological polar surface area (TPSA) is 52.6 Å². The highest BCUT2D eigenvalue weighted by atomic mass is 19.4. The first-order valence-corrected chi connectivity index (χ1v) is 4.04. The first-order valence-electron chi connectivity index (χ1n) is 4.04. The number of para-hydroxylation sites is 1. The number of fused-ring (bicyclic) bond motifs is 1. The summed E-state index contributed by atoms with van der Waals surface area (Å²) in [7, 11) is 0. The number of alkyl halides is 3. The standard InChI is InChI=1S/C9H3F3O4/c10-9(11,12)16-5-3-1-2-4-6(13)8(14)15-7(4)5/h1-3H. The van der Waals surface area contributed by atoms with Crippen LogP contribution in [0.5, 0.6) is 11.5 Å². The summed E-state index contributed by atoms with van der Waals surface area (Å²) >= 11 is 0. The Morgan fingerprint density at radius 2 is 1.88 bits per heavy atom. The third kappa shape index (κ3) is 1.71. The van der Waals surface area contributed by atoms with Crippen LogP contribution in [-0.2, 0) is 4.79 Å². The molecule has 0 amide bonds. The van der Waals surface area contributed by atoms with Crippen molar-refractivity contribution in [1.29, 1.82) is 0 Å². The smallest absolute Gasteiger partial charge is 0.416 e. The monoisotopic (exact) mass is 232 g/mol. The van der Waals surface area contributed by atoms with Crippen molar-refractivity contribution in [1.82, 2.24) is 0 Å². The van der Waals surface area contributed by atoms with Gasteiger partial charge in [-0.25, -0.2) is 4.79 Å². The molecule has 1 aromatic rings. The van der Waals surface area contributed by atoms with Gasteiger partial charge in [-0.2, -0.15) is 0 Å². The van der Waals surface area contributed by atoms with Gasteiger partial charge in [0.2, 0.25) is 0 Å². The lowest BCUT2D eigenvalue weighted by Gasteiger charge is -2.10. The van der Waals surface area contributed by atoms with Crippen molar-refractivity contribution >= 4 is 11.8 Å². The molecule has 0 fully saturated rings. The molecule has 0 saturated heterocycles. The third-order valence-corrected chi connectivity index (χ3v) is 1.83. The lowest BCUT2D eigenvalue weighted by molar-refractivity contribution is -0.275. The molecule has 0 N–H and O–H groups in total. The van der Waals surface area contributed by atoms with E-state index in [1.54, 1.807) is 0 Å². The molecule has 0 spiro atoms. The van der Waals surface area contributed by atoms with Gasteiger partial charge in [0.05, 0.1) is 5.56 Å². The largest absolute Gasteiger partial charge is 0.573 e. The number of ketones is 1. The summed E-state index contributed by atoms with van der Waals surface area (Å²) in [5, 5.41) is 0. The predicted octanol–water partition coefficient (Wildman–Crippen LogP) is 1.69. The molecule has 1 aromatic carbocycles. The van der Waals surface area contributed by atoms with E-state index in [1.807, 2.05) is 0 Å². The number of rotatable bonds is 1. The molecule has 0 aromatic heterocycles. The van der Waals surface area contributed by atoms with Crippen molar-refractivity contribution in [2.24, 2.45) is 0 Å². The number of hydrogen-bond donors (Lipinski definition) is 0. The molecular formula is C9H3F3O4. The van der Waals surface area contributed by atoms with E-state index >= 15 is 0 Å². The molecule has 4 nitrogen and oxygen atoms in total. The summed E-state index contributed by atoms with van der Waals surface area (Å²) in [6.45, 7) is 0. The van der Waals surface area contributed by atoms with Crippen LogP contribution in [0.1, 0.15) is 10.4 Å². The molecule has 7 heteroatoms. The zero-order chi connectivity index (χ0) is 11.9. The average Bonchev–Trinajstić information content (AvgIpc) is 2.43. The van der Waals surface area contributed by atoms with Gasteiger partial charge in [0.1, 0.15) is 0 Å². The molecular weight excluding hydrogens is 229 g/mol. The summed E-state index contributed by atoms with van der Waals surface area (Å²) < 4.78 is 43.9. The SMILES string of the molecule is O=C1Oc2c(OC(F)(F)F)cccc2C1=O. The van der Waals surface area contributed by atoms with Crippen molar-refractivity contribution in [2.75, 3.05) is 0 Å². The van der Waals surface area contributed by atoms with Gasteiger partial charge in [-0.1, -0.05) is 6.07 Å². The van der Waals surface area contributed by atoms with Crippen molar-refractivity contribution < 1.29 is 32.2 Å². The van der Waals surface area contributed by atoms with Gasteiger partial charge in [0.25, 0.3) is 5.78 Å². The molecule has 0 radical (unpaired) electrons. The fourth-order valence-corrected chi connectivity index (χ4v) is 1.25. The Kier molecular flexibility index (Phi) is 2.11. The van der Waals surface area contributed by atoms with Gasteiger partial charge in [0.15, 0.2) is 11.5 Å². The molecule has 0 bridgehead atoms. The van der Waals surface area contributed by atoms with E-state index in [4.69, 9.17) is 0 Å². The number of carbonyl (C=O) groups excluding carboxylic acids is 2. The van der Waals surface area contributed by atoms with Crippen molar-refractivity contribution in [3.8, 4) is 11.5 Å². The molecule has 1 aliphatic heterocycles. The van der Waals surface area contributed by atoms with E-state index in [-0.39, 0.29) is 5.56 Å². The van der Waals surface area contributed by atoms with Gasteiger partial charge < -0.3 is 9.47 Å². The molecule has 1 heterocycles. The van der Waals surface area contributed by atoms with Crippen LogP contribution in [0.25, 0.3) is 0 Å². The molecule has 0 aliphatic carbocycles. The zero-order valence-electron chi connectivity index (χ0n) is 7.50. The molecule has 2 rings (SSSR count). The van der Waals surface area contributed by atoms with Crippen LogP contribution in [-0.4, -0.2) is 18.1 Å². The lowest BCUT2D eigenvalue weighted by Crippen LogP contribution is -2.17. The second-order valence-electron chi connectivity index (χ2n) is 2.90. The molecule has 0 atom stereocenters. The number of ether oxygens (including phenoxy) is 2. The molecule has 0 saturated carbocycles. The van der Waals surface area contributed by atoms with E-state index in [1.165, 1.54) is 12.1 Å². The predicted molar refractivity (Wildman–Crippen MR) is 43.1 cm³/mol. The Hall–Kier alpha value is -2.05. The molecule has 84 valence electrons. The van der Waals surface area contributed by atoms with Gasteiger partial charge in [-0.3, -0.25) is 4.79 Å². The normalized spacial score (nSPS) is 14.7. The van der Waals surface area contributed by atoms with Gasteiger partial charge in [-0.15, -0.1) is 13.2 Å². The Morgan fingerprint density at radius 3 is 2.50 bits per heavy atom. The van der Waals surface area contributed by atoms with Crippen LogP contribution in [0.4, 0.5) is 13.2 Å². The maximum Gasteiger partial charge on any atom is 0.573 e. The zero-order valence-corrected chi connectivity index (χ0v) is 7.50. The van der Waals surface area contributed by atoms with Crippen LogP contribution >= 0.6 is 0 Å². The molecule has 16 heavy (non-hydrogen) atoms. The summed E-state index contributed by atoms with van der Waals surface area (Å²) in [5.41, 5.74) is -0.230. The van der Waals surface area contributed by atoms with Gasteiger partial charge in [0, 0.05) is 0 Å². The first kappa shape index (κ1) is 10.5. The maximum absolute atomic E-state index is 12.0. The Balaban J connectivity index is 2.44. The van der Waals surface area contributed by atoms with Gasteiger partial charge >= 0.3 is 12.3 Å². The maximum atomic E-state index is 12.0. The molecule has 0 unspecified atom stereocenters. The summed E-state index contributed by atoms with van der Waals surface area (Å²) in [4.78, 5) is 21.9. The Morgan fingerprint density at radius 1 is 1.19 bits per heavy atom. The number of hydrogen-bond acceptors (Lipinski definition) is 4. The number of esters is 1. The summed E-state index contributed by atoms with van der Waals surface area (Å²) in [6.07, 6.45) is -4.91. The number of carbonyl (C=O) groups is 2. The van der Waals surface area contributed by atoms with E-state index in [0.29, 0.717) is 0 Å². The average molecular weight is 232 g/mol. The highest BCUT2D eigenvalue weighted by molar-refractivity contribution is 6.44. The van der Waals surface area contributed by atoms with Crippen molar-refractivity contribution in [3.63, 3.8) is 0 Å². The third-order valence-electron chi connectivity index (χ3n) is 1.83. The second kappa shape index (κ2) is 3.22. The van der Waals surface area contributed by atoms with Gasteiger partial charge in [-0.05, 0) is 12.1 Å². The minimum Gasteiger partial charge on any atom is -0.416 e. The minimum absolute atomic E-state index is 0.230. The van der Waals surface area contributed by atoms with E-state index < -0.39 is 29.6 Å². The highest BCUT2D eigenvalue weighted by Gasteiger charge is 2.38.